The fourth-order valence-corrected chi connectivity index (χ4v) is 6.30. The number of fused-ring (bicyclic) bond motifs is 1. The lowest BCUT2D eigenvalue weighted by atomic mass is 9.73. The topological polar surface area (TPSA) is 92.9 Å². The van der Waals surface area contributed by atoms with Crippen LogP contribution in [-0.4, -0.2) is 65.9 Å². The Labute approximate surface area is 262 Å². The molecule has 2 amide bonds. The molecule has 234 valence electrons. The molecule has 0 aliphatic carbocycles. The molecule has 0 bridgehead atoms. The number of carbonyl (C=O) groups excluding carboxylic acids is 3. The molecule has 1 heterocycles. The number of esters is 1. The van der Waals surface area contributed by atoms with Gasteiger partial charge in [-0.15, -0.1) is 0 Å². The van der Waals surface area contributed by atoms with Gasteiger partial charge in [-0.2, -0.15) is 0 Å². The Hall–Kier alpha value is -3.97. The third-order valence-electron chi connectivity index (χ3n) is 8.57. The summed E-state index contributed by atoms with van der Waals surface area (Å²) in [4.78, 5) is 44.4. The zero-order valence-electron chi connectivity index (χ0n) is 26.8. The van der Waals surface area contributed by atoms with Gasteiger partial charge >= 0.3 is 5.97 Å². The van der Waals surface area contributed by atoms with E-state index in [1.54, 1.807) is 18.0 Å². The number of nitrogens with zero attached hydrogens (tertiary/aromatic N) is 2. The highest BCUT2D eigenvalue weighted by molar-refractivity contribution is 5.93. The lowest BCUT2D eigenvalue weighted by molar-refractivity contribution is -0.161. The van der Waals surface area contributed by atoms with Crippen molar-refractivity contribution in [3.63, 3.8) is 0 Å². The van der Waals surface area contributed by atoms with E-state index < -0.39 is 17.0 Å². The van der Waals surface area contributed by atoms with Crippen LogP contribution in [0, 0.1) is 5.41 Å². The van der Waals surface area contributed by atoms with E-state index in [0.29, 0.717) is 51.8 Å². The van der Waals surface area contributed by atoms with Crippen LogP contribution in [0.5, 0.6) is 0 Å². The van der Waals surface area contributed by atoms with E-state index >= 15 is 0 Å². The van der Waals surface area contributed by atoms with Crippen molar-refractivity contribution in [2.75, 3.05) is 26.7 Å². The van der Waals surface area contributed by atoms with Gasteiger partial charge in [-0.1, -0.05) is 78.4 Å². The number of benzene rings is 3. The van der Waals surface area contributed by atoms with E-state index in [-0.39, 0.29) is 17.8 Å². The second kappa shape index (κ2) is 14.2. The summed E-state index contributed by atoms with van der Waals surface area (Å²) in [6, 6.07) is 23.5. The van der Waals surface area contributed by atoms with Crippen LogP contribution in [0.1, 0.15) is 58.1 Å². The van der Waals surface area contributed by atoms with Gasteiger partial charge in [0, 0.05) is 38.2 Å². The molecular formula is C37H47N3O4. The number of hydrogen-bond donors (Lipinski definition) is 1. The van der Waals surface area contributed by atoms with Gasteiger partial charge in [0.15, 0.2) is 0 Å². The Kier molecular flexibility index (Phi) is 10.6. The van der Waals surface area contributed by atoms with Gasteiger partial charge in [0.05, 0.1) is 12.0 Å². The fourth-order valence-electron chi connectivity index (χ4n) is 6.30. The predicted octanol–water partition coefficient (Wildman–Crippen LogP) is 5.70. The van der Waals surface area contributed by atoms with Crippen LogP contribution in [0.25, 0.3) is 10.8 Å². The molecule has 3 aromatic carbocycles. The third-order valence-corrected chi connectivity index (χ3v) is 8.57. The number of likely N-dealkylation sites (tertiary alicyclic amines) is 1. The molecule has 2 N–H and O–H groups in total. The molecule has 1 fully saturated rings. The summed E-state index contributed by atoms with van der Waals surface area (Å²) >= 11 is 0. The van der Waals surface area contributed by atoms with Gasteiger partial charge in [-0.25, -0.2) is 0 Å². The maximum absolute atomic E-state index is 14.3. The molecule has 4 rings (SSSR count). The van der Waals surface area contributed by atoms with Crippen LogP contribution in [0.15, 0.2) is 84.4 Å². The van der Waals surface area contributed by atoms with Crippen LogP contribution in [-0.2, 0) is 32.0 Å². The Morgan fingerprint density at radius 2 is 1.61 bits per heavy atom. The second-order valence-electron chi connectivity index (χ2n) is 13.0. The summed E-state index contributed by atoms with van der Waals surface area (Å²) in [7, 11) is 1.70. The van der Waals surface area contributed by atoms with Gasteiger partial charge < -0.3 is 20.3 Å². The minimum Gasteiger partial charge on any atom is -0.466 e. The highest BCUT2D eigenvalue weighted by Gasteiger charge is 2.44. The first-order chi connectivity index (χ1) is 20.9. The van der Waals surface area contributed by atoms with E-state index in [1.165, 1.54) is 0 Å². The number of amides is 2. The quantitative estimate of drug-likeness (QED) is 0.226. The molecule has 7 heteroatoms. The van der Waals surface area contributed by atoms with Crippen LogP contribution in [0.3, 0.4) is 0 Å². The van der Waals surface area contributed by atoms with Crippen molar-refractivity contribution in [2.24, 2.45) is 11.1 Å². The number of likely N-dealkylation sites (N-methyl/N-ethyl adjacent to an activating group) is 1. The number of nitrogens with two attached hydrogens (primary N) is 1. The summed E-state index contributed by atoms with van der Waals surface area (Å²) < 4.78 is 5.54. The summed E-state index contributed by atoms with van der Waals surface area (Å²) in [5.41, 5.74) is 7.97. The molecule has 0 spiro atoms. The molecule has 1 atom stereocenters. The van der Waals surface area contributed by atoms with Crippen molar-refractivity contribution in [3.05, 3.63) is 95.6 Å². The van der Waals surface area contributed by atoms with Crippen LogP contribution >= 0.6 is 0 Å². The number of ether oxygens (including phenoxy) is 1. The van der Waals surface area contributed by atoms with E-state index in [4.69, 9.17) is 10.5 Å². The molecule has 1 saturated heterocycles. The number of hydrogen-bond acceptors (Lipinski definition) is 5. The van der Waals surface area contributed by atoms with Gasteiger partial charge in [0.25, 0.3) is 0 Å². The number of rotatable bonds is 11. The molecule has 7 nitrogen and oxygen atoms in total. The number of piperidine rings is 1. The van der Waals surface area contributed by atoms with Crippen LogP contribution in [0.2, 0.25) is 0 Å². The van der Waals surface area contributed by atoms with Crippen molar-refractivity contribution >= 4 is 28.6 Å². The molecule has 3 aromatic rings. The Morgan fingerprint density at radius 3 is 2.25 bits per heavy atom. The lowest BCUT2D eigenvalue weighted by Gasteiger charge is -2.42. The minimum absolute atomic E-state index is 0.114. The largest absolute Gasteiger partial charge is 0.466 e. The minimum atomic E-state index is -0.706. The summed E-state index contributed by atoms with van der Waals surface area (Å²) in [5, 5.41) is 2.21. The van der Waals surface area contributed by atoms with Crippen molar-refractivity contribution < 1.29 is 19.1 Å². The standard InChI is InChI=1S/C37H47N3O4/c1-6-44-35(43)37(26-28-12-8-7-9-13-28)18-20-40(21-19-37)34(42)32(39(5)33(41)22-27(2)25-36(3,4)38)24-29-16-17-30-14-10-11-15-31(30)23-29/h7-17,22-23,32H,6,18-21,24-26,38H2,1-5H3/b27-22+. The van der Waals surface area contributed by atoms with Crippen molar-refractivity contribution in [3.8, 4) is 0 Å². The summed E-state index contributed by atoms with van der Waals surface area (Å²) in [6.45, 7) is 8.71. The zero-order chi connectivity index (χ0) is 31.9. The van der Waals surface area contributed by atoms with Crippen molar-refractivity contribution in [2.45, 2.75) is 71.4 Å². The Bertz CT molecular complexity index is 1480. The lowest BCUT2D eigenvalue weighted by Crippen LogP contribution is -2.54. The fraction of sp³-hybridized carbons (Fsp3) is 0.432. The average molecular weight is 598 g/mol. The van der Waals surface area contributed by atoms with E-state index in [2.05, 4.69) is 24.3 Å². The first kappa shape index (κ1) is 32.9. The van der Waals surface area contributed by atoms with Crippen molar-refractivity contribution in [1.82, 2.24) is 9.80 Å². The van der Waals surface area contributed by atoms with Gasteiger partial charge in [-0.05, 0) is 75.3 Å². The van der Waals surface area contributed by atoms with Gasteiger partial charge in [-0.3, -0.25) is 14.4 Å². The van der Waals surface area contributed by atoms with Crippen LogP contribution < -0.4 is 5.73 Å². The second-order valence-corrected chi connectivity index (χ2v) is 13.0. The molecule has 1 aliphatic heterocycles. The number of carbonyl (C=O) groups is 3. The van der Waals surface area contributed by atoms with E-state index in [1.807, 2.05) is 81.1 Å². The van der Waals surface area contributed by atoms with E-state index in [0.717, 1.165) is 27.5 Å². The predicted molar refractivity (Wildman–Crippen MR) is 176 cm³/mol. The Balaban J connectivity index is 1.58. The zero-order valence-corrected chi connectivity index (χ0v) is 26.8. The molecule has 1 unspecified atom stereocenters. The first-order valence-electron chi connectivity index (χ1n) is 15.6. The molecular weight excluding hydrogens is 550 g/mol. The van der Waals surface area contributed by atoms with Crippen LogP contribution in [0.4, 0.5) is 0 Å². The highest BCUT2D eigenvalue weighted by Crippen LogP contribution is 2.37. The third kappa shape index (κ3) is 8.35. The maximum Gasteiger partial charge on any atom is 0.312 e. The van der Waals surface area contributed by atoms with Gasteiger partial charge in [0.2, 0.25) is 11.8 Å². The summed E-state index contributed by atoms with van der Waals surface area (Å²) in [5.74, 6) is -0.552. The SMILES string of the molecule is CCOC(=O)C1(Cc2ccccc2)CCN(C(=O)C(Cc2ccc3ccccc3c2)N(C)C(=O)/C=C(\C)CC(C)(C)N)CC1. The first-order valence-corrected chi connectivity index (χ1v) is 15.6. The van der Waals surface area contributed by atoms with Crippen molar-refractivity contribution in [1.29, 1.82) is 0 Å². The normalized spacial score (nSPS) is 16.0. The molecule has 44 heavy (non-hydrogen) atoms. The summed E-state index contributed by atoms with van der Waals surface area (Å²) in [6.07, 6.45) is 4.10. The average Bonchev–Trinajstić information content (AvgIpc) is 2.99. The molecule has 0 radical (unpaired) electrons. The monoisotopic (exact) mass is 597 g/mol. The smallest absolute Gasteiger partial charge is 0.312 e. The maximum atomic E-state index is 14.3. The Morgan fingerprint density at radius 1 is 0.977 bits per heavy atom. The molecule has 1 aliphatic rings. The highest BCUT2D eigenvalue weighted by atomic mass is 16.5. The van der Waals surface area contributed by atoms with Gasteiger partial charge in [0.1, 0.15) is 6.04 Å². The molecule has 0 saturated carbocycles. The van der Waals surface area contributed by atoms with E-state index in [9.17, 15) is 14.4 Å². The molecule has 0 aromatic heterocycles.